The number of hydrogen-bond acceptors (Lipinski definition) is 1. The molecule has 1 N–H and O–H groups in total. The SMILES string of the molecule is CC(C)CCCNC1CCCC(C)CC1. The highest BCUT2D eigenvalue weighted by atomic mass is 14.9. The minimum atomic E-state index is 0.821. The maximum Gasteiger partial charge on any atom is 0.00671 e. The zero-order chi connectivity index (χ0) is 11.1. The molecule has 1 aliphatic carbocycles. The molecule has 0 spiro atoms. The van der Waals surface area contributed by atoms with Gasteiger partial charge in [0.15, 0.2) is 0 Å². The fraction of sp³-hybridized carbons (Fsp3) is 1.00. The molecule has 90 valence electrons. The first kappa shape index (κ1) is 13.0. The average Bonchev–Trinajstić information content (AvgIpc) is 2.38. The molecule has 0 amide bonds. The molecule has 0 radical (unpaired) electrons. The second-order valence-corrected chi connectivity index (χ2v) is 5.80. The summed E-state index contributed by atoms with van der Waals surface area (Å²) in [5, 5.41) is 3.74. The summed E-state index contributed by atoms with van der Waals surface area (Å²) in [7, 11) is 0. The lowest BCUT2D eigenvalue weighted by atomic mass is 10.0. The summed E-state index contributed by atoms with van der Waals surface area (Å²) in [5.74, 6) is 1.83. The van der Waals surface area contributed by atoms with E-state index in [1.54, 1.807) is 0 Å². The fourth-order valence-corrected chi connectivity index (χ4v) is 2.51. The van der Waals surface area contributed by atoms with E-state index in [-0.39, 0.29) is 0 Å². The number of rotatable bonds is 5. The van der Waals surface area contributed by atoms with Crippen LogP contribution in [0.15, 0.2) is 0 Å². The third-order valence-electron chi connectivity index (χ3n) is 3.65. The Morgan fingerprint density at radius 2 is 1.93 bits per heavy atom. The third-order valence-corrected chi connectivity index (χ3v) is 3.65. The Morgan fingerprint density at radius 3 is 2.67 bits per heavy atom. The smallest absolute Gasteiger partial charge is 0.00671 e. The van der Waals surface area contributed by atoms with E-state index in [1.165, 1.54) is 51.5 Å². The van der Waals surface area contributed by atoms with Crippen LogP contribution in [0.5, 0.6) is 0 Å². The molecule has 2 unspecified atom stereocenters. The van der Waals surface area contributed by atoms with Crippen molar-refractivity contribution < 1.29 is 0 Å². The predicted octanol–water partition coefficient (Wildman–Crippen LogP) is 3.98. The molecular weight excluding hydrogens is 182 g/mol. The number of hydrogen-bond donors (Lipinski definition) is 1. The lowest BCUT2D eigenvalue weighted by molar-refractivity contribution is 0.430. The van der Waals surface area contributed by atoms with E-state index in [4.69, 9.17) is 0 Å². The molecule has 0 saturated heterocycles. The van der Waals surface area contributed by atoms with E-state index in [1.807, 2.05) is 0 Å². The van der Waals surface area contributed by atoms with Crippen LogP contribution >= 0.6 is 0 Å². The van der Waals surface area contributed by atoms with Gasteiger partial charge in [-0.3, -0.25) is 0 Å². The van der Waals surface area contributed by atoms with Gasteiger partial charge in [0.25, 0.3) is 0 Å². The van der Waals surface area contributed by atoms with Gasteiger partial charge in [-0.15, -0.1) is 0 Å². The van der Waals surface area contributed by atoms with Crippen molar-refractivity contribution in [3.05, 3.63) is 0 Å². The van der Waals surface area contributed by atoms with E-state index in [9.17, 15) is 0 Å². The minimum Gasteiger partial charge on any atom is -0.314 e. The van der Waals surface area contributed by atoms with Crippen molar-refractivity contribution in [2.45, 2.75) is 71.8 Å². The average molecular weight is 211 g/mol. The van der Waals surface area contributed by atoms with E-state index >= 15 is 0 Å². The first-order valence-electron chi connectivity index (χ1n) is 6.92. The molecule has 1 saturated carbocycles. The first-order chi connectivity index (χ1) is 7.18. The van der Waals surface area contributed by atoms with Crippen LogP contribution in [0, 0.1) is 11.8 Å². The van der Waals surface area contributed by atoms with Crippen LogP contribution in [0.2, 0.25) is 0 Å². The minimum absolute atomic E-state index is 0.821. The number of nitrogens with one attached hydrogen (secondary N) is 1. The van der Waals surface area contributed by atoms with Crippen molar-refractivity contribution >= 4 is 0 Å². The molecule has 1 nitrogen and oxygen atoms in total. The fourth-order valence-electron chi connectivity index (χ4n) is 2.51. The van der Waals surface area contributed by atoms with Crippen molar-refractivity contribution in [3.8, 4) is 0 Å². The van der Waals surface area contributed by atoms with Crippen molar-refractivity contribution in [2.24, 2.45) is 11.8 Å². The van der Waals surface area contributed by atoms with Gasteiger partial charge in [0.1, 0.15) is 0 Å². The second-order valence-electron chi connectivity index (χ2n) is 5.80. The van der Waals surface area contributed by atoms with Crippen LogP contribution in [0.4, 0.5) is 0 Å². The molecule has 1 fully saturated rings. The zero-order valence-electron chi connectivity index (χ0n) is 10.9. The molecule has 2 atom stereocenters. The Labute approximate surface area is 96.0 Å². The van der Waals surface area contributed by atoms with Crippen LogP contribution in [0.3, 0.4) is 0 Å². The van der Waals surface area contributed by atoms with Crippen molar-refractivity contribution in [2.75, 3.05) is 6.54 Å². The highest BCUT2D eigenvalue weighted by Crippen LogP contribution is 2.22. The van der Waals surface area contributed by atoms with E-state index in [2.05, 4.69) is 26.1 Å². The summed E-state index contributed by atoms with van der Waals surface area (Å²) in [6, 6.07) is 0.821. The molecular formula is C14H29N. The summed E-state index contributed by atoms with van der Waals surface area (Å²) in [5.41, 5.74) is 0. The van der Waals surface area contributed by atoms with Gasteiger partial charge < -0.3 is 5.32 Å². The Morgan fingerprint density at radius 1 is 1.13 bits per heavy atom. The van der Waals surface area contributed by atoms with Crippen LogP contribution in [0.25, 0.3) is 0 Å². The summed E-state index contributed by atoms with van der Waals surface area (Å²) in [6.07, 6.45) is 9.85. The van der Waals surface area contributed by atoms with Gasteiger partial charge in [0, 0.05) is 6.04 Å². The highest BCUT2D eigenvalue weighted by molar-refractivity contribution is 4.73. The monoisotopic (exact) mass is 211 g/mol. The molecule has 0 aromatic heterocycles. The third kappa shape index (κ3) is 6.19. The molecule has 0 aromatic rings. The Kier molecular flexibility index (Phi) is 6.31. The van der Waals surface area contributed by atoms with Gasteiger partial charge in [0.05, 0.1) is 0 Å². The van der Waals surface area contributed by atoms with E-state index in [0.717, 1.165) is 17.9 Å². The molecule has 0 aromatic carbocycles. The second kappa shape index (κ2) is 7.27. The van der Waals surface area contributed by atoms with Crippen LogP contribution in [-0.4, -0.2) is 12.6 Å². The molecule has 1 rings (SSSR count). The molecule has 15 heavy (non-hydrogen) atoms. The summed E-state index contributed by atoms with van der Waals surface area (Å²) in [4.78, 5) is 0. The van der Waals surface area contributed by atoms with E-state index < -0.39 is 0 Å². The largest absolute Gasteiger partial charge is 0.314 e. The topological polar surface area (TPSA) is 12.0 Å². The maximum absolute atomic E-state index is 3.74. The summed E-state index contributed by atoms with van der Waals surface area (Å²) < 4.78 is 0. The van der Waals surface area contributed by atoms with Crippen LogP contribution < -0.4 is 5.32 Å². The van der Waals surface area contributed by atoms with Gasteiger partial charge >= 0.3 is 0 Å². The van der Waals surface area contributed by atoms with Crippen molar-refractivity contribution in [1.29, 1.82) is 0 Å². The van der Waals surface area contributed by atoms with Gasteiger partial charge in [0.2, 0.25) is 0 Å². The van der Waals surface area contributed by atoms with Crippen molar-refractivity contribution in [1.82, 2.24) is 5.32 Å². The maximum atomic E-state index is 3.74. The van der Waals surface area contributed by atoms with E-state index in [0.29, 0.717) is 0 Å². The van der Waals surface area contributed by atoms with Gasteiger partial charge in [-0.05, 0) is 50.5 Å². The lowest BCUT2D eigenvalue weighted by Crippen LogP contribution is -2.29. The van der Waals surface area contributed by atoms with Crippen LogP contribution in [0.1, 0.15) is 65.7 Å². The Balaban J connectivity index is 2.05. The Bertz CT molecular complexity index is 153. The summed E-state index contributed by atoms with van der Waals surface area (Å²) in [6.45, 7) is 8.26. The zero-order valence-corrected chi connectivity index (χ0v) is 10.9. The van der Waals surface area contributed by atoms with Crippen molar-refractivity contribution in [3.63, 3.8) is 0 Å². The van der Waals surface area contributed by atoms with Crippen LogP contribution in [-0.2, 0) is 0 Å². The molecule has 0 heterocycles. The normalized spacial score (nSPS) is 28.0. The molecule has 1 aliphatic rings. The molecule has 1 heteroatoms. The van der Waals surface area contributed by atoms with Gasteiger partial charge in [-0.1, -0.05) is 33.6 Å². The van der Waals surface area contributed by atoms with Gasteiger partial charge in [-0.2, -0.15) is 0 Å². The lowest BCUT2D eigenvalue weighted by Gasteiger charge is -2.16. The standard InChI is InChI=1S/C14H29N/c1-12(2)6-5-11-15-14-8-4-7-13(3)9-10-14/h12-15H,4-11H2,1-3H3. The van der Waals surface area contributed by atoms with Gasteiger partial charge in [-0.25, -0.2) is 0 Å². The Hall–Kier alpha value is -0.0400. The first-order valence-corrected chi connectivity index (χ1v) is 6.92. The molecule has 0 aliphatic heterocycles. The summed E-state index contributed by atoms with van der Waals surface area (Å²) >= 11 is 0. The molecule has 0 bridgehead atoms. The highest BCUT2D eigenvalue weighted by Gasteiger charge is 2.14. The quantitative estimate of drug-likeness (QED) is 0.536. The predicted molar refractivity (Wildman–Crippen MR) is 68.1 cm³/mol.